The number of hydrogen-bond acceptors (Lipinski definition) is 4. The summed E-state index contributed by atoms with van der Waals surface area (Å²) in [5.74, 6) is 0.0347. The molecule has 1 aromatic rings. The molecule has 2 aliphatic rings. The maximum absolute atomic E-state index is 12.4. The Morgan fingerprint density at radius 3 is 2.48 bits per heavy atom. The summed E-state index contributed by atoms with van der Waals surface area (Å²) in [4.78, 5) is 14.8. The van der Waals surface area contributed by atoms with E-state index in [1.807, 2.05) is 0 Å². The minimum absolute atomic E-state index is 0.145. The SMILES string of the molecule is O=C(NCCN1CCCCCC1)c1cccc(N2CCCS2(=O)=O)c1. The van der Waals surface area contributed by atoms with E-state index in [0.717, 1.165) is 19.6 Å². The van der Waals surface area contributed by atoms with Crippen LogP contribution in [-0.2, 0) is 10.0 Å². The first kappa shape index (κ1) is 18.2. The van der Waals surface area contributed by atoms with E-state index in [-0.39, 0.29) is 11.7 Å². The average Bonchev–Trinajstić information content (AvgIpc) is 2.80. The molecule has 2 fully saturated rings. The van der Waals surface area contributed by atoms with Gasteiger partial charge in [-0.1, -0.05) is 18.9 Å². The van der Waals surface area contributed by atoms with Crippen LogP contribution in [0.2, 0.25) is 0 Å². The van der Waals surface area contributed by atoms with Crippen LogP contribution in [0.15, 0.2) is 24.3 Å². The van der Waals surface area contributed by atoms with Crippen LogP contribution in [0.4, 0.5) is 5.69 Å². The molecule has 2 saturated heterocycles. The first-order chi connectivity index (χ1) is 12.1. The van der Waals surface area contributed by atoms with E-state index < -0.39 is 10.0 Å². The highest BCUT2D eigenvalue weighted by Crippen LogP contribution is 2.24. The molecule has 0 aromatic heterocycles. The molecule has 0 unspecified atom stereocenters. The van der Waals surface area contributed by atoms with E-state index in [9.17, 15) is 13.2 Å². The van der Waals surface area contributed by atoms with Crippen LogP contribution in [0.5, 0.6) is 0 Å². The highest BCUT2D eigenvalue weighted by molar-refractivity contribution is 7.93. The molecule has 0 saturated carbocycles. The molecule has 0 aliphatic carbocycles. The van der Waals surface area contributed by atoms with E-state index >= 15 is 0 Å². The number of rotatable bonds is 5. The quantitative estimate of drug-likeness (QED) is 0.864. The van der Waals surface area contributed by atoms with E-state index in [1.54, 1.807) is 24.3 Å². The van der Waals surface area contributed by atoms with E-state index in [0.29, 0.717) is 30.8 Å². The van der Waals surface area contributed by atoms with Crippen LogP contribution in [0.25, 0.3) is 0 Å². The molecule has 1 amide bonds. The number of sulfonamides is 1. The van der Waals surface area contributed by atoms with Crippen molar-refractivity contribution < 1.29 is 13.2 Å². The second kappa shape index (κ2) is 8.19. The lowest BCUT2D eigenvalue weighted by Crippen LogP contribution is -2.35. The molecule has 2 aliphatic heterocycles. The van der Waals surface area contributed by atoms with Gasteiger partial charge in [0.25, 0.3) is 5.91 Å². The Morgan fingerprint density at radius 2 is 1.80 bits per heavy atom. The van der Waals surface area contributed by atoms with Crippen molar-refractivity contribution in [1.82, 2.24) is 10.2 Å². The zero-order chi connectivity index (χ0) is 17.7. The summed E-state index contributed by atoms with van der Waals surface area (Å²) < 4.78 is 25.5. The smallest absolute Gasteiger partial charge is 0.251 e. The van der Waals surface area contributed by atoms with Crippen molar-refractivity contribution in [1.29, 1.82) is 0 Å². The zero-order valence-corrected chi connectivity index (χ0v) is 15.4. The predicted molar refractivity (Wildman–Crippen MR) is 99.4 cm³/mol. The van der Waals surface area contributed by atoms with Crippen LogP contribution in [0.1, 0.15) is 42.5 Å². The average molecular weight is 365 g/mol. The summed E-state index contributed by atoms with van der Waals surface area (Å²) in [6.45, 7) is 4.19. The van der Waals surface area contributed by atoms with Gasteiger partial charge in [0.1, 0.15) is 0 Å². The van der Waals surface area contributed by atoms with Crippen LogP contribution >= 0.6 is 0 Å². The van der Waals surface area contributed by atoms with Gasteiger partial charge in [-0.2, -0.15) is 0 Å². The number of benzene rings is 1. The Bertz CT molecular complexity index is 697. The minimum atomic E-state index is -3.22. The number of carbonyl (C=O) groups excluding carboxylic acids is 1. The molecular weight excluding hydrogens is 338 g/mol. The molecule has 1 aromatic carbocycles. The molecule has 0 radical (unpaired) electrons. The molecule has 138 valence electrons. The largest absolute Gasteiger partial charge is 0.351 e. The van der Waals surface area contributed by atoms with E-state index in [4.69, 9.17) is 0 Å². The summed E-state index contributed by atoms with van der Waals surface area (Å²) >= 11 is 0. The fourth-order valence-corrected chi connectivity index (χ4v) is 5.08. The fraction of sp³-hybridized carbons (Fsp3) is 0.611. The van der Waals surface area contributed by atoms with Crippen molar-refractivity contribution in [3.63, 3.8) is 0 Å². The van der Waals surface area contributed by atoms with Gasteiger partial charge in [-0.15, -0.1) is 0 Å². The Hall–Kier alpha value is -1.60. The summed E-state index contributed by atoms with van der Waals surface area (Å²) in [7, 11) is -3.22. The van der Waals surface area contributed by atoms with Crippen LogP contribution in [0.3, 0.4) is 0 Å². The number of hydrogen-bond donors (Lipinski definition) is 1. The third-order valence-corrected chi connectivity index (χ3v) is 6.78. The van der Waals surface area contributed by atoms with Gasteiger partial charge >= 0.3 is 0 Å². The number of likely N-dealkylation sites (tertiary alicyclic amines) is 1. The second-order valence-electron chi connectivity index (χ2n) is 6.80. The molecule has 3 rings (SSSR count). The molecular formula is C18H27N3O3S. The topological polar surface area (TPSA) is 69.7 Å². The molecule has 7 heteroatoms. The van der Waals surface area contributed by atoms with Crippen LogP contribution < -0.4 is 9.62 Å². The molecule has 1 N–H and O–H groups in total. The normalized spacial score (nSPS) is 21.0. The summed E-state index contributed by atoms with van der Waals surface area (Å²) in [6.07, 6.45) is 5.71. The van der Waals surface area contributed by atoms with Crippen molar-refractivity contribution >= 4 is 21.6 Å². The molecule has 25 heavy (non-hydrogen) atoms. The van der Waals surface area contributed by atoms with Crippen molar-refractivity contribution in [3.05, 3.63) is 29.8 Å². The van der Waals surface area contributed by atoms with Gasteiger partial charge in [0, 0.05) is 25.2 Å². The number of carbonyl (C=O) groups is 1. The standard InChI is InChI=1S/C18H27N3O3S/c22-18(19-9-13-20-10-3-1-2-4-11-20)16-7-5-8-17(15-16)21-12-6-14-25(21,23)24/h5,7-8,15H,1-4,6,9-14H2,(H,19,22). The van der Waals surface area contributed by atoms with E-state index in [1.165, 1.54) is 30.0 Å². The highest BCUT2D eigenvalue weighted by Gasteiger charge is 2.28. The lowest BCUT2D eigenvalue weighted by molar-refractivity contribution is 0.0948. The van der Waals surface area contributed by atoms with Gasteiger partial charge in [-0.25, -0.2) is 8.42 Å². The van der Waals surface area contributed by atoms with Gasteiger partial charge in [-0.3, -0.25) is 9.10 Å². The lowest BCUT2D eigenvalue weighted by Gasteiger charge is -2.20. The monoisotopic (exact) mass is 365 g/mol. The van der Waals surface area contributed by atoms with Gasteiger partial charge < -0.3 is 10.2 Å². The fourth-order valence-electron chi connectivity index (χ4n) is 3.52. The lowest BCUT2D eigenvalue weighted by atomic mass is 10.2. The van der Waals surface area contributed by atoms with Gasteiger partial charge in [0.2, 0.25) is 10.0 Å². The third-order valence-electron chi connectivity index (χ3n) is 4.91. The Kier molecular flexibility index (Phi) is 5.96. The van der Waals surface area contributed by atoms with Crippen molar-refractivity contribution in [3.8, 4) is 0 Å². The first-order valence-corrected chi connectivity index (χ1v) is 10.8. The number of nitrogens with one attached hydrogen (secondary N) is 1. The molecule has 0 spiro atoms. The molecule has 2 heterocycles. The minimum Gasteiger partial charge on any atom is -0.351 e. The summed E-state index contributed by atoms with van der Waals surface area (Å²) in [6, 6.07) is 6.89. The number of amides is 1. The molecule has 0 atom stereocenters. The van der Waals surface area contributed by atoms with Crippen molar-refractivity contribution in [2.75, 3.05) is 42.8 Å². The highest BCUT2D eigenvalue weighted by atomic mass is 32.2. The van der Waals surface area contributed by atoms with Crippen molar-refractivity contribution in [2.45, 2.75) is 32.1 Å². The second-order valence-corrected chi connectivity index (χ2v) is 8.82. The molecule has 0 bridgehead atoms. The van der Waals surface area contributed by atoms with Gasteiger partial charge in [-0.05, 0) is 50.6 Å². The van der Waals surface area contributed by atoms with Gasteiger partial charge in [0.15, 0.2) is 0 Å². The van der Waals surface area contributed by atoms with Crippen LogP contribution in [-0.4, -0.2) is 57.7 Å². The third kappa shape index (κ3) is 4.73. The van der Waals surface area contributed by atoms with E-state index in [2.05, 4.69) is 10.2 Å². The number of anilines is 1. The number of nitrogens with zero attached hydrogens (tertiary/aromatic N) is 2. The first-order valence-electron chi connectivity index (χ1n) is 9.17. The summed E-state index contributed by atoms with van der Waals surface area (Å²) in [5.41, 5.74) is 1.09. The Morgan fingerprint density at radius 1 is 1.04 bits per heavy atom. The van der Waals surface area contributed by atoms with Crippen LogP contribution in [0, 0.1) is 0 Å². The van der Waals surface area contributed by atoms with Gasteiger partial charge in [0.05, 0.1) is 11.4 Å². The maximum Gasteiger partial charge on any atom is 0.251 e. The Labute approximate surface area is 150 Å². The van der Waals surface area contributed by atoms with Crippen molar-refractivity contribution in [2.24, 2.45) is 0 Å². The maximum atomic E-state index is 12.4. The predicted octanol–water partition coefficient (Wildman–Crippen LogP) is 1.83. The summed E-state index contributed by atoms with van der Waals surface area (Å²) in [5, 5.41) is 2.96. The Balaban J connectivity index is 1.56. The zero-order valence-electron chi connectivity index (χ0n) is 14.6. The molecule has 6 nitrogen and oxygen atoms in total.